The number of anilines is 1. The number of nitrogens with one attached hydrogen (secondary N) is 2. The van der Waals surface area contributed by atoms with Crippen molar-refractivity contribution in [3.63, 3.8) is 0 Å². The number of amides is 2. The molecule has 0 radical (unpaired) electrons. The average molecular weight is 388 g/mol. The van der Waals surface area contributed by atoms with Crippen LogP contribution in [0.1, 0.15) is 18.9 Å². The minimum absolute atomic E-state index is 0. The molecule has 146 valence electrons. The Hall–Kier alpha value is -2.32. The maximum Gasteiger partial charge on any atom is 0.317 e. The number of rotatable bonds is 10. The molecule has 2 amide bonds. The number of methoxy groups -OCH3 is 1. The topological polar surface area (TPSA) is 108 Å². The molecule has 9 heteroatoms. The summed E-state index contributed by atoms with van der Waals surface area (Å²) in [6.45, 7) is 3.79. The van der Waals surface area contributed by atoms with Gasteiger partial charge in [0.15, 0.2) is 0 Å². The van der Waals surface area contributed by atoms with Crippen molar-refractivity contribution in [1.82, 2.24) is 10.2 Å². The number of carbonyl (C=O) groups is 3. The van der Waals surface area contributed by atoms with Crippen LogP contribution >= 0.6 is 12.4 Å². The monoisotopic (exact) mass is 387 g/mol. The second kappa shape index (κ2) is 12.1. The van der Waals surface area contributed by atoms with E-state index in [1.807, 2.05) is 19.9 Å². The molecule has 26 heavy (non-hydrogen) atoms. The van der Waals surface area contributed by atoms with Crippen molar-refractivity contribution < 1.29 is 24.2 Å². The number of ether oxygens (including phenoxy) is 1. The quantitative estimate of drug-likeness (QED) is 0.558. The number of aliphatic carboxylic acids is 1. The summed E-state index contributed by atoms with van der Waals surface area (Å²) in [6.07, 6.45) is 0.730. The molecule has 0 saturated carbocycles. The molecular formula is C17H26ClN3O5. The Bertz CT molecular complexity index is 624. The van der Waals surface area contributed by atoms with Crippen molar-refractivity contribution in [2.75, 3.05) is 38.6 Å². The fraction of sp³-hybridized carbons (Fsp3) is 0.471. The zero-order valence-electron chi connectivity index (χ0n) is 15.2. The van der Waals surface area contributed by atoms with Crippen molar-refractivity contribution in [2.24, 2.45) is 0 Å². The third kappa shape index (κ3) is 8.68. The van der Waals surface area contributed by atoms with Crippen LogP contribution in [0.3, 0.4) is 0 Å². The second-order valence-electron chi connectivity index (χ2n) is 5.63. The zero-order valence-corrected chi connectivity index (χ0v) is 16.0. The molecule has 0 aliphatic heterocycles. The molecule has 1 aromatic rings. The molecule has 0 atom stereocenters. The van der Waals surface area contributed by atoms with E-state index < -0.39 is 17.8 Å². The van der Waals surface area contributed by atoms with Crippen LogP contribution < -0.4 is 15.4 Å². The molecule has 0 saturated heterocycles. The van der Waals surface area contributed by atoms with Crippen LogP contribution in [0.4, 0.5) is 5.69 Å². The van der Waals surface area contributed by atoms with Crippen molar-refractivity contribution in [1.29, 1.82) is 0 Å². The predicted octanol–water partition coefficient (Wildman–Crippen LogP) is 1.28. The lowest BCUT2D eigenvalue weighted by Crippen LogP contribution is -2.42. The van der Waals surface area contributed by atoms with Gasteiger partial charge in [0.2, 0.25) is 11.8 Å². The third-order valence-corrected chi connectivity index (χ3v) is 3.34. The van der Waals surface area contributed by atoms with E-state index in [-0.39, 0.29) is 32.0 Å². The molecular weight excluding hydrogens is 362 g/mol. The van der Waals surface area contributed by atoms with E-state index in [4.69, 9.17) is 9.84 Å². The van der Waals surface area contributed by atoms with E-state index >= 15 is 0 Å². The summed E-state index contributed by atoms with van der Waals surface area (Å²) in [4.78, 5) is 36.2. The molecule has 0 heterocycles. The van der Waals surface area contributed by atoms with Gasteiger partial charge >= 0.3 is 5.97 Å². The lowest BCUT2D eigenvalue weighted by molar-refractivity contribution is -0.138. The van der Waals surface area contributed by atoms with Crippen molar-refractivity contribution in [3.8, 4) is 5.75 Å². The van der Waals surface area contributed by atoms with Crippen LogP contribution in [-0.2, 0) is 14.4 Å². The van der Waals surface area contributed by atoms with Crippen LogP contribution in [0.15, 0.2) is 18.2 Å². The van der Waals surface area contributed by atoms with Gasteiger partial charge in [-0.05, 0) is 37.6 Å². The molecule has 1 rings (SSSR count). The van der Waals surface area contributed by atoms with Crippen LogP contribution in [-0.4, -0.2) is 61.1 Å². The number of carbonyl (C=O) groups excluding carboxylic acids is 2. The lowest BCUT2D eigenvalue weighted by Gasteiger charge is -2.18. The van der Waals surface area contributed by atoms with Gasteiger partial charge < -0.3 is 20.5 Å². The van der Waals surface area contributed by atoms with Crippen LogP contribution in [0.5, 0.6) is 5.75 Å². The molecule has 1 aromatic carbocycles. The summed E-state index contributed by atoms with van der Waals surface area (Å²) in [7, 11) is 1.51. The minimum Gasteiger partial charge on any atom is -0.495 e. The van der Waals surface area contributed by atoms with Gasteiger partial charge in [0.1, 0.15) is 5.75 Å². The van der Waals surface area contributed by atoms with Crippen molar-refractivity contribution in [2.45, 2.75) is 20.3 Å². The first-order valence-electron chi connectivity index (χ1n) is 8.01. The first-order chi connectivity index (χ1) is 11.8. The molecule has 0 fully saturated rings. The highest BCUT2D eigenvalue weighted by molar-refractivity contribution is 5.96. The first kappa shape index (κ1) is 23.7. The summed E-state index contributed by atoms with van der Waals surface area (Å²) in [5, 5.41) is 14.0. The number of hydrogen-bond acceptors (Lipinski definition) is 5. The highest BCUT2D eigenvalue weighted by Crippen LogP contribution is 2.24. The number of carboxylic acid groups (broad SMARTS) is 1. The van der Waals surface area contributed by atoms with Crippen LogP contribution in [0, 0.1) is 6.92 Å². The molecule has 3 N–H and O–H groups in total. The molecule has 0 unspecified atom stereocenters. The molecule has 0 aliphatic rings. The highest BCUT2D eigenvalue weighted by atomic mass is 35.5. The molecule has 8 nitrogen and oxygen atoms in total. The van der Waals surface area contributed by atoms with Crippen molar-refractivity contribution >= 4 is 35.9 Å². The van der Waals surface area contributed by atoms with Crippen LogP contribution in [0.2, 0.25) is 0 Å². The Balaban J connectivity index is 0.00000625. The van der Waals surface area contributed by atoms with Gasteiger partial charge in [-0.25, -0.2) is 0 Å². The summed E-state index contributed by atoms with van der Waals surface area (Å²) in [5.74, 6) is -1.26. The van der Waals surface area contributed by atoms with E-state index in [1.54, 1.807) is 12.1 Å². The van der Waals surface area contributed by atoms with E-state index in [1.165, 1.54) is 12.0 Å². The smallest absolute Gasteiger partial charge is 0.317 e. The maximum absolute atomic E-state index is 12.0. The average Bonchev–Trinajstić information content (AvgIpc) is 2.53. The van der Waals surface area contributed by atoms with Gasteiger partial charge in [0.25, 0.3) is 0 Å². The fourth-order valence-electron chi connectivity index (χ4n) is 2.27. The number of hydrogen-bond donors (Lipinski definition) is 3. The summed E-state index contributed by atoms with van der Waals surface area (Å²) in [6, 6.07) is 5.38. The Kier molecular flexibility index (Phi) is 11.0. The second-order valence-corrected chi connectivity index (χ2v) is 5.63. The first-order valence-corrected chi connectivity index (χ1v) is 8.01. The lowest BCUT2D eigenvalue weighted by atomic mass is 10.2. The van der Waals surface area contributed by atoms with Crippen molar-refractivity contribution in [3.05, 3.63) is 23.8 Å². The van der Waals surface area contributed by atoms with E-state index in [0.717, 1.165) is 12.0 Å². The Morgan fingerprint density at radius 3 is 2.46 bits per heavy atom. The molecule has 0 spiro atoms. The maximum atomic E-state index is 12.0. The Labute approximate surface area is 159 Å². The standard InChI is InChI=1S/C17H25N3O5.ClH/c1-4-7-20(11-17(23)24)10-16(22)18-9-15(21)19-13-8-12(2)5-6-14(13)25-3;/h5-6,8H,4,7,9-11H2,1-3H3,(H,18,22)(H,19,21)(H,23,24);1H. The Morgan fingerprint density at radius 2 is 1.88 bits per heavy atom. The van der Waals surface area contributed by atoms with E-state index in [0.29, 0.717) is 18.0 Å². The number of aryl methyl sites for hydroxylation is 1. The highest BCUT2D eigenvalue weighted by Gasteiger charge is 2.14. The summed E-state index contributed by atoms with van der Waals surface area (Å²) < 4.78 is 5.18. The van der Waals surface area contributed by atoms with Gasteiger partial charge in [-0.2, -0.15) is 0 Å². The Morgan fingerprint density at radius 1 is 1.19 bits per heavy atom. The number of nitrogens with zero attached hydrogens (tertiary/aromatic N) is 1. The zero-order chi connectivity index (χ0) is 18.8. The van der Waals surface area contributed by atoms with Gasteiger partial charge in [-0.3, -0.25) is 19.3 Å². The van der Waals surface area contributed by atoms with Gasteiger partial charge in [0, 0.05) is 0 Å². The predicted molar refractivity (Wildman–Crippen MR) is 101 cm³/mol. The SMILES string of the molecule is CCCN(CC(=O)O)CC(=O)NCC(=O)Nc1cc(C)ccc1OC.Cl. The summed E-state index contributed by atoms with van der Waals surface area (Å²) in [5.41, 5.74) is 1.49. The normalized spacial score (nSPS) is 10.0. The van der Waals surface area contributed by atoms with Crippen LogP contribution in [0.25, 0.3) is 0 Å². The number of benzene rings is 1. The molecule has 0 aliphatic carbocycles. The van der Waals surface area contributed by atoms with E-state index in [2.05, 4.69) is 10.6 Å². The number of carboxylic acids is 1. The largest absolute Gasteiger partial charge is 0.495 e. The summed E-state index contributed by atoms with van der Waals surface area (Å²) >= 11 is 0. The van der Waals surface area contributed by atoms with Gasteiger partial charge in [-0.15, -0.1) is 12.4 Å². The van der Waals surface area contributed by atoms with Gasteiger partial charge in [0.05, 0.1) is 32.4 Å². The molecule has 0 aromatic heterocycles. The van der Waals surface area contributed by atoms with Gasteiger partial charge in [-0.1, -0.05) is 13.0 Å². The fourth-order valence-corrected chi connectivity index (χ4v) is 2.27. The molecule has 0 bridgehead atoms. The minimum atomic E-state index is -0.995. The van der Waals surface area contributed by atoms with E-state index in [9.17, 15) is 14.4 Å². The number of halogens is 1. The third-order valence-electron chi connectivity index (χ3n) is 3.34.